The Balaban J connectivity index is -0.000000135. The minimum absolute atomic E-state index is 0. The maximum absolute atomic E-state index is 10.8. The highest BCUT2D eigenvalue weighted by Crippen LogP contribution is 2.08. The van der Waals surface area contributed by atoms with E-state index in [0.717, 1.165) is 6.32 Å². The van der Waals surface area contributed by atoms with Crippen LogP contribution >= 0.6 is 0 Å². The van der Waals surface area contributed by atoms with Crippen LogP contribution in [0.25, 0.3) is 0 Å². The molecule has 0 amide bonds. The van der Waals surface area contributed by atoms with Crippen molar-refractivity contribution in [1.82, 2.24) is 0 Å². The van der Waals surface area contributed by atoms with Gasteiger partial charge in [0.05, 0.1) is 0 Å². The number of halogens is 3. The van der Waals surface area contributed by atoms with E-state index in [1.165, 1.54) is 0 Å². The van der Waals surface area contributed by atoms with Gasteiger partial charge in [0.15, 0.2) is 0 Å². The van der Waals surface area contributed by atoms with Gasteiger partial charge < -0.3 is 4.74 Å². The summed E-state index contributed by atoms with van der Waals surface area (Å²) in [4.78, 5) is 10.8. The zero-order chi connectivity index (χ0) is 8.20. The molecule has 0 aliphatic carbocycles. The molecule has 0 aromatic carbocycles. The SMILES string of the molecule is BCCC(=O)OC(C)(C)C.F.F.F. The fraction of sp³-hybridized carbons (Fsp3) is 0.857. The summed E-state index contributed by atoms with van der Waals surface area (Å²) in [7, 11) is 1.96. The number of carbonyl (C=O) groups excluding carboxylic acids is 1. The van der Waals surface area contributed by atoms with Gasteiger partial charge >= 0.3 is 5.97 Å². The van der Waals surface area contributed by atoms with Crippen LogP contribution in [0.3, 0.4) is 0 Å². The average molecular weight is 202 g/mol. The van der Waals surface area contributed by atoms with E-state index in [0.29, 0.717) is 6.42 Å². The van der Waals surface area contributed by atoms with E-state index in [9.17, 15) is 4.79 Å². The highest BCUT2D eigenvalue weighted by Gasteiger charge is 2.14. The van der Waals surface area contributed by atoms with Crippen molar-refractivity contribution >= 4 is 13.8 Å². The maximum atomic E-state index is 10.8. The molecular weight excluding hydrogens is 184 g/mol. The number of rotatable bonds is 2. The van der Waals surface area contributed by atoms with E-state index in [1.54, 1.807) is 0 Å². The highest BCUT2D eigenvalue weighted by atomic mass is 19.0. The summed E-state index contributed by atoms with van der Waals surface area (Å²) in [5, 5.41) is 0. The predicted molar refractivity (Wildman–Crippen MR) is 51.3 cm³/mol. The number of esters is 1. The molecule has 0 rings (SSSR count). The topological polar surface area (TPSA) is 26.3 Å². The third-order valence-electron chi connectivity index (χ3n) is 0.874. The van der Waals surface area contributed by atoms with Crippen LogP contribution in [0.5, 0.6) is 0 Å². The molecular formula is C7H18BF3O2. The molecule has 0 aromatic heterocycles. The lowest BCUT2D eigenvalue weighted by atomic mass is 10.0. The summed E-state index contributed by atoms with van der Waals surface area (Å²) in [5.41, 5.74) is -0.327. The van der Waals surface area contributed by atoms with Crippen LogP contribution in [0, 0.1) is 0 Å². The Hall–Kier alpha value is -0.675. The molecule has 6 heteroatoms. The van der Waals surface area contributed by atoms with Crippen molar-refractivity contribution < 1.29 is 23.6 Å². The van der Waals surface area contributed by atoms with Crippen LogP contribution in [0.4, 0.5) is 14.1 Å². The second kappa shape index (κ2) is 9.41. The van der Waals surface area contributed by atoms with Gasteiger partial charge in [-0.05, 0) is 20.8 Å². The van der Waals surface area contributed by atoms with E-state index in [-0.39, 0.29) is 25.7 Å². The van der Waals surface area contributed by atoms with Crippen molar-refractivity contribution in [2.24, 2.45) is 0 Å². The van der Waals surface area contributed by atoms with Crippen molar-refractivity contribution in [2.45, 2.75) is 39.1 Å². The molecule has 0 saturated heterocycles. The standard InChI is InChI=1S/C7H15BO2.3FH/c1-7(2,3)10-6(9)4-5-8;;;/h4-5,8H2,1-3H3;3*1H. The van der Waals surface area contributed by atoms with E-state index in [1.807, 2.05) is 28.6 Å². The van der Waals surface area contributed by atoms with E-state index in [4.69, 9.17) is 4.74 Å². The van der Waals surface area contributed by atoms with Crippen LogP contribution in [0.15, 0.2) is 0 Å². The Morgan fingerprint density at radius 2 is 1.62 bits per heavy atom. The van der Waals surface area contributed by atoms with Gasteiger partial charge in [0.1, 0.15) is 13.4 Å². The Kier molecular flexibility index (Phi) is 16.5. The molecule has 0 aromatic rings. The maximum Gasteiger partial charge on any atom is 0.305 e. The molecule has 13 heavy (non-hydrogen) atoms. The molecule has 2 nitrogen and oxygen atoms in total. The minimum atomic E-state index is -0.327. The first-order chi connectivity index (χ1) is 4.45. The summed E-state index contributed by atoms with van der Waals surface area (Å²) < 4.78 is 5.04. The number of ether oxygens (including phenoxy) is 1. The Morgan fingerprint density at radius 1 is 1.23 bits per heavy atom. The van der Waals surface area contributed by atoms with Crippen molar-refractivity contribution in [3.8, 4) is 0 Å². The van der Waals surface area contributed by atoms with Crippen molar-refractivity contribution in [3.63, 3.8) is 0 Å². The van der Waals surface area contributed by atoms with Gasteiger partial charge in [-0.15, -0.1) is 0 Å². The highest BCUT2D eigenvalue weighted by molar-refractivity contribution is 6.09. The predicted octanol–water partition coefficient (Wildman–Crippen LogP) is 1.23. The van der Waals surface area contributed by atoms with Crippen LogP contribution in [0.2, 0.25) is 6.32 Å². The number of hydrogen-bond donors (Lipinski definition) is 0. The summed E-state index contributed by atoms with van der Waals surface area (Å²) in [5.74, 6) is -0.102. The van der Waals surface area contributed by atoms with Gasteiger partial charge in [-0.1, -0.05) is 6.32 Å². The largest absolute Gasteiger partial charge is 0.460 e. The first kappa shape index (κ1) is 22.8. The molecule has 0 unspecified atom stereocenters. The van der Waals surface area contributed by atoms with Gasteiger partial charge in [-0.3, -0.25) is 18.9 Å². The van der Waals surface area contributed by atoms with Crippen LogP contribution in [0.1, 0.15) is 27.2 Å². The molecule has 0 atom stereocenters. The molecule has 0 aliphatic rings. The molecule has 0 radical (unpaired) electrons. The summed E-state index contributed by atoms with van der Waals surface area (Å²) in [6, 6.07) is 0. The lowest BCUT2D eigenvalue weighted by Gasteiger charge is -2.18. The second-order valence-electron chi connectivity index (χ2n) is 3.34. The molecule has 0 heterocycles. The van der Waals surface area contributed by atoms with Gasteiger partial charge in [-0.25, -0.2) is 0 Å². The number of hydrogen-bond acceptors (Lipinski definition) is 2. The Morgan fingerprint density at radius 3 is 1.85 bits per heavy atom. The Bertz CT molecular complexity index is 125. The molecule has 0 bridgehead atoms. The Labute approximate surface area is 77.5 Å². The van der Waals surface area contributed by atoms with Gasteiger partial charge in [0.2, 0.25) is 0 Å². The first-order valence-corrected chi connectivity index (χ1v) is 3.67. The zero-order valence-corrected chi connectivity index (χ0v) is 8.46. The average Bonchev–Trinajstić information content (AvgIpc) is 1.59. The molecule has 0 N–H and O–H groups in total. The first-order valence-electron chi connectivity index (χ1n) is 3.67. The van der Waals surface area contributed by atoms with Gasteiger partial charge in [-0.2, -0.15) is 0 Å². The van der Waals surface area contributed by atoms with Crippen molar-refractivity contribution in [3.05, 3.63) is 0 Å². The van der Waals surface area contributed by atoms with Gasteiger partial charge in [0.25, 0.3) is 0 Å². The summed E-state index contributed by atoms with van der Waals surface area (Å²) in [6.07, 6.45) is 1.38. The van der Waals surface area contributed by atoms with Gasteiger partial charge in [0, 0.05) is 6.42 Å². The van der Waals surface area contributed by atoms with E-state index in [2.05, 4.69) is 0 Å². The molecule has 0 fully saturated rings. The summed E-state index contributed by atoms with van der Waals surface area (Å²) >= 11 is 0. The van der Waals surface area contributed by atoms with E-state index >= 15 is 0 Å². The molecule has 0 aliphatic heterocycles. The smallest absolute Gasteiger partial charge is 0.305 e. The van der Waals surface area contributed by atoms with Crippen LogP contribution in [-0.2, 0) is 9.53 Å². The molecule has 82 valence electrons. The number of carbonyl (C=O) groups is 1. The van der Waals surface area contributed by atoms with E-state index < -0.39 is 0 Å². The molecule has 0 spiro atoms. The van der Waals surface area contributed by atoms with Crippen molar-refractivity contribution in [2.75, 3.05) is 0 Å². The zero-order valence-electron chi connectivity index (χ0n) is 8.46. The van der Waals surface area contributed by atoms with Crippen molar-refractivity contribution in [1.29, 1.82) is 0 Å². The summed E-state index contributed by atoms with van der Waals surface area (Å²) in [6.45, 7) is 5.63. The lowest BCUT2D eigenvalue weighted by Crippen LogP contribution is -2.23. The second-order valence-corrected chi connectivity index (χ2v) is 3.34. The monoisotopic (exact) mass is 202 g/mol. The lowest BCUT2D eigenvalue weighted by molar-refractivity contribution is -0.154. The third kappa shape index (κ3) is 18.4. The fourth-order valence-electron chi connectivity index (χ4n) is 0.597. The molecule has 0 saturated carbocycles. The fourth-order valence-corrected chi connectivity index (χ4v) is 0.597. The third-order valence-corrected chi connectivity index (χ3v) is 0.874. The minimum Gasteiger partial charge on any atom is -0.460 e. The van der Waals surface area contributed by atoms with Crippen LogP contribution < -0.4 is 0 Å². The van der Waals surface area contributed by atoms with Crippen LogP contribution in [-0.4, -0.2) is 19.4 Å². The normalized spacial score (nSPS) is 8.54. The quantitative estimate of drug-likeness (QED) is 0.497.